The fraction of sp³-hybridized carbons (Fsp3) is 0.200. The molecule has 1 amide bonds. The van der Waals surface area contributed by atoms with Crippen molar-refractivity contribution in [3.05, 3.63) is 59.0 Å². The Morgan fingerprint density at radius 1 is 1.29 bits per heavy atom. The van der Waals surface area contributed by atoms with E-state index in [-0.39, 0.29) is 23.2 Å². The number of furan rings is 1. The fourth-order valence-electron chi connectivity index (χ4n) is 1.73. The van der Waals surface area contributed by atoms with Gasteiger partial charge in [0.25, 0.3) is 5.91 Å². The smallest absolute Gasteiger partial charge is 0.340 e. The Labute approximate surface area is 126 Å². The van der Waals surface area contributed by atoms with Gasteiger partial charge in [-0.25, -0.2) is 4.79 Å². The third kappa shape index (κ3) is 4.10. The molecule has 0 saturated heterocycles. The van der Waals surface area contributed by atoms with Crippen LogP contribution < -0.4 is 5.32 Å². The van der Waals surface area contributed by atoms with Crippen LogP contribution in [-0.4, -0.2) is 18.5 Å². The molecule has 1 aromatic heterocycles. The maximum absolute atomic E-state index is 11.8. The van der Waals surface area contributed by atoms with Crippen LogP contribution in [0.5, 0.6) is 0 Å². The summed E-state index contributed by atoms with van der Waals surface area (Å²) in [5.41, 5.74) is 0.228. The first kappa shape index (κ1) is 15.1. The number of amides is 1. The highest BCUT2D eigenvalue weighted by Crippen LogP contribution is 2.16. The number of benzene rings is 1. The molecule has 0 fully saturated rings. The number of esters is 1. The molecule has 1 heterocycles. The van der Waals surface area contributed by atoms with Crippen LogP contribution in [0.15, 0.2) is 47.1 Å². The molecule has 2 rings (SSSR count). The van der Waals surface area contributed by atoms with E-state index in [1.54, 1.807) is 37.3 Å². The van der Waals surface area contributed by atoms with Gasteiger partial charge in [0.1, 0.15) is 5.76 Å². The number of hydrogen-bond acceptors (Lipinski definition) is 4. The highest BCUT2D eigenvalue weighted by atomic mass is 35.5. The number of ether oxygens (including phenoxy) is 1. The summed E-state index contributed by atoms with van der Waals surface area (Å²) in [7, 11) is 0. The molecule has 0 saturated carbocycles. The molecule has 0 aliphatic heterocycles. The molecule has 0 bridgehead atoms. The molecule has 0 radical (unpaired) electrons. The van der Waals surface area contributed by atoms with Crippen molar-refractivity contribution in [3.63, 3.8) is 0 Å². The third-order valence-electron chi connectivity index (χ3n) is 2.78. The Kier molecular flexibility index (Phi) is 5.00. The van der Waals surface area contributed by atoms with E-state index in [0.29, 0.717) is 5.76 Å². The SMILES string of the molecule is C[C@H](NC(=O)COC(=O)c1ccccc1Cl)c1ccco1. The Balaban J connectivity index is 1.84. The minimum Gasteiger partial charge on any atom is -0.467 e. The number of carbonyl (C=O) groups is 2. The van der Waals surface area contributed by atoms with Gasteiger partial charge in [-0.1, -0.05) is 23.7 Å². The topological polar surface area (TPSA) is 68.5 Å². The number of hydrogen-bond donors (Lipinski definition) is 1. The molecular weight excluding hydrogens is 294 g/mol. The molecule has 0 unspecified atom stereocenters. The molecule has 21 heavy (non-hydrogen) atoms. The average molecular weight is 308 g/mol. The lowest BCUT2D eigenvalue weighted by atomic mass is 10.2. The van der Waals surface area contributed by atoms with Gasteiger partial charge in [0.05, 0.1) is 22.9 Å². The van der Waals surface area contributed by atoms with E-state index >= 15 is 0 Å². The zero-order valence-corrected chi connectivity index (χ0v) is 12.1. The Morgan fingerprint density at radius 2 is 2.05 bits per heavy atom. The molecule has 2 aromatic rings. The highest BCUT2D eigenvalue weighted by molar-refractivity contribution is 6.33. The van der Waals surface area contributed by atoms with Gasteiger partial charge in [0.15, 0.2) is 6.61 Å². The van der Waals surface area contributed by atoms with E-state index in [9.17, 15) is 9.59 Å². The first-order valence-corrected chi connectivity index (χ1v) is 6.70. The van der Waals surface area contributed by atoms with Crippen molar-refractivity contribution in [2.75, 3.05) is 6.61 Å². The standard InChI is InChI=1S/C15H14ClNO4/c1-10(13-7-4-8-20-13)17-14(18)9-21-15(19)11-5-2-3-6-12(11)16/h2-8,10H,9H2,1H3,(H,17,18)/t10-/m0/s1. The summed E-state index contributed by atoms with van der Waals surface area (Å²) in [6, 6.07) is 9.67. The second kappa shape index (κ2) is 6.95. The van der Waals surface area contributed by atoms with Gasteiger partial charge in [0, 0.05) is 0 Å². The number of rotatable bonds is 5. The van der Waals surface area contributed by atoms with Gasteiger partial charge in [0.2, 0.25) is 0 Å². The lowest BCUT2D eigenvalue weighted by molar-refractivity contribution is -0.125. The van der Waals surface area contributed by atoms with E-state index < -0.39 is 11.9 Å². The van der Waals surface area contributed by atoms with Crippen LogP contribution in [0.3, 0.4) is 0 Å². The lowest BCUT2D eigenvalue weighted by Gasteiger charge is -2.11. The van der Waals surface area contributed by atoms with E-state index in [0.717, 1.165) is 0 Å². The van der Waals surface area contributed by atoms with Crippen LogP contribution in [0.1, 0.15) is 29.1 Å². The largest absolute Gasteiger partial charge is 0.467 e. The lowest BCUT2D eigenvalue weighted by Crippen LogP contribution is -2.31. The third-order valence-corrected chi connectivity index (χ3v) is 3.11. The molecule has 1 N–H and O–H groups in total. The molecule has 0 aliphatic rings. The first-order valence-electron chi connectivity index (χ1n) is 6.32. The second-order valence-corrected chi connectivity index (χ2v) is 4.77. The van der Waals surface area contributed by atoms with Gasteiger partial charge >= 0.3 is 5.97 Å². The Morgan fingerprint density at radius 3 is 2.71 bits per heavy atom. The molecule has 1 aromatic carbocycles. The highest BCUT2D eigenvalue weighted by Gasteiger charge is 2.15. The van der Waals surface area contributed by atoms with Crippen molar-refractivity contribution in [1.29, 1.82) is 0 Å². The van der Waals surface area contributed by atoms with Crippen molar-refractivity contribution < 1.29 is 18.7 Å². The van der Waals surface area contributed by atoms with Crippen LogP contribution in [0.2, 0.25) is 5.02 Å². The summed E-state index contributed by atoms with van der Waals surface area (Å²) in [6.45, 7) is 1.39. The quantitative estimate of drug-likeness (QED) is 0.862. The zero-order valence-electron chi connectivity index (χ0n) is 11.3. The van der Waals surface area contributed by atoms with Crippen LogP contribution in [-0.2, 0) is 9.53 Å². The summed E-state index contributed by atoms with van der Waals surface area (Å²) < 4.78 is 10.1. The van der Waals surface area contributed by atoms with Gasteiger partial charge in [-0.3, -0.25) is 4.79 Å². The first-order chi connectivity index (χ1) is 10.1. The summed E-state index contributed by atoms with van der Waals surface area (Å²) in [6.07, 6.45) is 1.52. The molecule has 1 atom stereocenters. The van der Waals surface area contributed by atoms with Crippen LogP contribution in [0, 0.1) is 0 Å². The Bertz CT molecular complexity index is 624. The minimum atomic E-state index is -0.638. The molecule has 0 spiro atoms. The monoisotopic (exact) mass is 307 g/mol. The fourth-order valence-corrected chi connectivity index (χ4v) is 1.94. The molecular formula is C15H14ClNO4. The number of halogens is 1. The van der Waals surface area contributed by atoms with Crippen LogP contribution >= 0.6 is 11.6 Å². The maximum atomic E-state index is 11.8. The number of carbonyl (C=O) groups excluding carboxylic acids is 2. The van der Waals surface area contributed by atoms with Crippen molar-refractivity contribution in [1.82, 2.24) is 5.32 Å². The van der Waals surface area contributed by atoms with E-state index in [4.69, 9.17) is 20.8 Å². The summed E-state index contributed by atoms with van der Waals surface area (Å²) >= 11 is 5.87. The summed E-state index contributed by atoms with van der Waals surface area (Å²) in [4.78, 5) is 23.5. The van der Waals surface area contributed by atoms with Crippen molar-refractivity contribution in [2.24, 2.45) is 0 Å². The van der Waals surface area contributed by atoms with Crippen molar-refractivity contribution in [3.8, 4) is 0 Å². The van der Waals surface area contributed by atoms with Gasteiger partial charge in [-0.15, -0.1) is 0 Å². The summed E-state index contributed by atoms with van der Waals surface area (Å²) in [5, 5.41) is 2.94. The molecule has 6 heteroatoms. The maximum Gasteiger partial charge on any atom is 0.340 e. The summed E-state index contributed by atoms with van der Waals surface area (Å²) in [5.74, 6) is -0.429. The van der Waals surface area contributed by atoms with E-state index in [1.807, 2.05) is 0 Å². The molecule has 0 aliphatic carbocycles. The van der Waals surface area contributed by atoms with E-state index in [2.05, 4.69) is 5.32 Å². The molecule has 5 nitrogen and oxygen atoms in total. The molecule has 110 valence electrons. The zero-order chi connectivity index (χ0) is 15.2. The van der Waals surface area contributed by atoms with E-state index in [1.165, 1.54) is 12.3 Å². The number of nitrogens with one attached hydrogen (secondary N) is 1. The predicted molar refractivity (Wildman–Crippen MR) is 77.0 cm³/mol. The van der Waals surface area contributed by atoms with Gasteiger partial charge in [-0.2, -0.15) is 0 Å². The van der Waals surface area contributed by atoms with Crippen molar-refractivity contribution >= 4 is 23.5 Å². The normalized spacial score (nSPS) is 11.7. The van der Waals surface area contributed by atoms with Gasteiger partial charge in [-0.05, 0) is 31.2 Å². The van der Waals surface area contributed by atoms with Crippen LogP contribution in [0.4, 0.5) is 0 Å². The second-order valence-electron chi connectivity index (χ2n) is 4.36. The van der Waals surface area contributed by atoms with Crippen molar-refractivity contribution in [2.45, 2.75) is 13.0 Å². The minimum absolute atomic E-state index is 0.228. The Hall–Kier alpha value is -2.27. The van der Waals surface area contributed by atoms with Gasteiger partial charge < -0.3 is 14.5 Å². The predicted octanol–water partition coefficient (Wildman–Crippen LogP) is 2.97. The van der Waals surface area contributed by atoms with Crippen LogP contribution in [0.25, 0.3) is 0 Å². The average Bonchev–Trinajstić information content (AvgIpc) is 2.99.